The van der Waals surface area contributed by atoms with Gasteiger partial charge in [-0.25, -0.2) is 0 Å². The van der Waals surface area contributed by atoms with Gasteiger partial charge >= 0.3 is 5.91 Å². The number of hydrogen-bond acceptors (Lipinski definition) is 1. The third-order valence-corrected chi connectivity index (χ3v) is 3.95. The molecule has 1 heterocycles. The quantitative estimate of drug-likeness (QED) is 0.459. The summed E-state index contributed by atoms with van der Waals surface area (Å²) in [5.74, 6) is -0.345. The molecule has 3 nitrogen and oxygen atoms in total. The number of hydrogen-bond donors (Lipinski definition) is 1. The molecule has 1 rings (SSSR count). The molecule has 21 heavy (non-hydrogen) atoms. The molecular formula is C18H31N2O+. The molecule has 0 saturated carbocycles. The van der Waals surface area contributed by atoms with E-state index in [0.29, 0.717) is 5.69 Å². The van der Waals surface area contributed by atoms with Crippen LogP contribution in [-0.4, -0.2) is 5.91 Å². The fourth-order valence-corrected chi connectivity index (χ4v) is 2.66. The van der Waals surface area contributed by atoms with Gasteiger partial charge in [0.2, 0.25) is 0 Å². The van der Waals surface area contributed by atoms with Crippen LogP contribution in [0.3, 0.4) is 0 Å². The number of aryl methyl sites for hydroxylation is 1. The predicted molar refractivity (Wildman–Crippen MR) is 87.0 cm³/mol. The number of primary amides is 1. The average Bonchev–Trinajstić information content (AvgIpc) is 2.49. The van der Waals surface area contributed by atoms with Crippen LogP contribution in [0.4, 0.5) is 0 Å². The Balaban J connectivity index is 2.06. The summed E-state index contributed by atoms with van der Waals surface area (Å²) < 4.78 is 1.97. The Bertz CT molecular complexity index is 404. The van der Waals surface area contributed by atoms with Crippen LogP contribution >= 0.6 is 0 Å². The standard InChI is InChI=1S/C18H30N2O/c1-2-3-4-5-6-7-8-9-10-12-15-20-16-13-11-14-17(20)18(19)21/h11,13-14,16H,2-10,12,15H2,1H3,(H-,19,21)/p+1. The van der Waals surface area contributed by atoms with E-state index in [9.17, 15) is 4.79 Å². The van der Waals surface area contributed by atoms with Crippen molar-refractivity contribution in [3.63, 3.8) is 0 Å². The van der Waals surface area contributed by atoms with Gasteiger partial charge in [-0.2, -0.15) is 4.57 Å². The highest BCUT2D eigenvalue weighted by Crippen LogP contribution is 2.10. The summed E-state index contributed by atoms with van der Waals surface area (Å²) in [6.45, 7) is 3.14. The van der Waals surface area contributed by atoms with Gasteiger partial charge < -0.3 is 5.73 Å². The highest BCUT2D eigenvalue weighted by Gasteiger charge is 2.13. The summed E-state index contributed by atoms with van der Waals surface area (Å²) in [5, 5.41) is 0. The van der Waals surface area contributed by atoms with Crippen molar-refractivity contribution < 1.29 is 9.36 Å². The Kier molecular flexibility index (Phi) is 9.51. The van der Waals surface area contributed by atoms with Crippen molar-refractivity contribution in [2.24, 2.45) is 5.73 Å². The van der Waals surface area contributed by atoms with E-state index < -0.39 is 0 Å². The second-order valence-electron chi connectivity index (χ2n) is 5.83. The second-order valence-corrected chi connectivity index (χ2v) is 5.83. The number of nitrogens with zero attached hydrogens (tertiary/aromatic N) is 1. The molecule has 2 N–H and O–H groups in total. The van der Waals surface area contributed by atoms with E-state index >= 15 is 0 Å². The molecule has 0 unspecified atom stereocenters. The molecular weight excluding hydrogens is 260 g/mol. The topological polar surface area (TPSA) is 47.0 Å². The van der Waals surface area contributed by atoms with Crippen molar-refractivity contribution >= 4 is 5.91 Å². The normalized spacial score (nSPS) is 10.7. The number of carbonyl (C=O) groups excluding carboxylic acids is 1. The van der Waals surface area contributed by atoms with Crippen LogP contribution in [0.15, 0.2) is 24.4 Å². The number of aromatic nitrogens is 1. The highest BCUT2D eigenvalue weighted by molar-refractivity contribution is 5.89. The fraction of sp³-hybridized carbons (Fsp3) is 0.667. The van der Waals surface area contributed by atoms with Gasteiger partial charge in [-0.05, 0) is 12.5 Å². The minimum atomic E-state index is -0.345. The monoisotopic (exact) mass is 291 g/mol. The van der Waals surface area contributed by atoms with Crippen LogP contribution in [0.25, 0.3) is 0 Å². The van der Waals surface area contributed by atoms with Crippen LogP contribution in [-0.2, 0) is 6.54 Å². The Hall–Kier alpha value is -1.38. The van der Waals surface area contributed by atoms with Crippen molar-refractivity contribution in [3.05, 3.63) is 30.1 Å². The largest absolute Gasteiger partial charge is 0.360 e. The number of pyridine rings is 1. The lowest BCUT2D eigenvalue weighted by Crippen LogP contribution is -2.42. The molecule has 0 aliphatic carbocycles. The van der Waals surface area contributed by atoms with Crippen molar-refractivity contribution in [2.45, 2.75) is 77.7 Å². The fourth-order valence-electron chi connectivity index (χ4n) is 2.66. The molecule has 0 aliphatic heterocycles. The molecule has 0 saturated heterocycles. The molecule has 3 heteroatoms. The van der Waals surface area contributed by atoms with Gasteiger partial charge in [0.1, 0.15) is 6.54 Å². The van der Waals surface area contributed by atoms with Crippen molar-refractivity contribution in [1.82, 2.24) is 0 Å². The first-order valence-electron chi connectivity index (χ1n) is 8.54. The molecule has 118 valence electrons. The lowest BCUT2D eigenvalue weighted by atomic mass is 10.1. The van der Waals surface area contributed by atoms with Gasteiger partial charge in [-0.3, -0.25) is 4.79 Å². The Morgan fingerprint density at radius 2 is 1.52 bits per heavy atom. The lowest BCUT2D eigenvalue weighted by Gasteiger charge is -2.02. The van der Waals surface area contributed by atoms with E-state index in [2.05, 4.69) is 6.92 Å². The van der Waals surface area contributed by atoms with Crippen LogP contribution in [0.1, 0.15) is 81.6 Å². The molecule has 0 fully saturated rings. The predicted octanol–water partition coefficient (Wildman–Crippen LogP) is 3.99. The molecule has 0 aliphatic rings. The number of unbranched alkanes of at least 4 members (excludes halogenated alkanes) is 9. The van der Waals surface area contributed by atoms with E-state index in [1.807, 2.05) is 22.9 Å². The summed E-state index contributed by atoms with van der Waals surface area (Å²) in [6, 6.07) is 5.59. The van der Waals surface area contributed by atoms with Gasteiger partial charge in [0.05, 0.1) is 0 Å². The molecule has 1 aromatic heterocycles. The molecule has 0 spiro atoms. The maximum Gasteiger partial charge on any atom is 0.313 e. The maximum atomic E-state index is 11.3. The van der Waals surface area contributed by atoms with Crippen molar-refractivity contribution in [3.8, 4) is 0 Å². The first-order chi connectivity index (χ1) is 10.3. The average molecular weight is 291 g/mol. The zero-order chi connectivity index (χ0) is 15.3. The first kappa shape index (κ1) is 17.7. The van der Waals surface area contributed by atoms with Crippen LogP contribution in [0, 0.1) is 0 Å². The van der Waals surface area contributed by atoms with Crippen LogP contribution in [0.5, 0.6) is 0 Å². The zero-order valence-electron chi connectivity index (χ0n) is 13.5. The van der Waals surface area contributed by atoms with Gasteiger partial charge in [-0.15, -0.1) is 0 Å². The molecule has 1 aromatic rings. The van der Waals surface area contributed by atoms with Gasteiger partial charge in [0.15, 0.2) is 6.20 Å². The third kappa shape index (κ3) is 7.84. The van der Waals surface area contributed by atoms with Crippen molar-refractivity contribution in [2.75, 3.05) is 0 Å². The number of rotatable bonds is 12. The van der Waals surface area contributed by atoms with E-state index in [1.165, 1.54) is 57.8 Å². The summed E-state index contributed by atoms with van der Waals surface area (Å²) >= 11 is 0. The van der Waals surface area contributed by atoms with E-state index in [4.69, 9.17) is 5.73 Å². The minimum absolute atomic E-state index is 0.345. The smallest absolute Gasteiger partial charge is 0.313 e. The van der Waals surface area contributed by atoms with E-state index in [0.717, 1.165) is 13.0 Å². The Morgan fingerprint density at radius 1 is 0.952 bits per heavy atom. The number of nitrogens with two attached hydrogens (primary N) is 1. The second kappa shape index (κ2) is 11.3. The molecule has 0 aromatic carbocycles. The molecule has 0 bridgehead atoms. The molecule has 0 radical (unpaired) electrons. The van der Waals surface area contributed by atoms with E-state index in [-0.39, 0.29) is 5.91 Å². The molecule has 0 atom stereocenters. The SMILES string of the molecule is CCCCCCCCCCCC[n+]1ccccc1C(N)=O. The summed E-state index contributed by atoms with van der Waals surface area (Å²) in [6.07, 6.45) is 15.2. The number of amides is 1. The third-order valence-electron chi connectivity index (χ3n) is 3.95. The number of carbonyl (C=O) groups is 1. The minimum Gasteiger partial charge on any atom is -0.360 e. The Morgan fingerprint density at radius 3 is 2.10 bits per heavy atom. The summed E-state index contributed by atoms with van der Waals surface area (Å²) in [4.78, 5) is 11.3. The lowest BCUT2D eigenvalue weighted by molar-refractivity contribution is -0.699. The first-order valence-corrected chi connectivity index (χ1v) is 8.54. The highest BCUT2D eigenvalue weighted by atomic mass is 16.1. The van der Waals surface area contributed by atoms with E-state index in [1.54, 1.807) is 6.07 Å². The maximum absolute atomic E-state index is 11.3. The van der Waals surface area contributed by atoms with Crippen LogP contribution < -0.4 is 10.3 Å². The van der Waals surface area contributed by atoms with Gasteiger partial charge in [-0.1, -0.05) is 58.3 Å². The molecule has 1 amide bonds. The van der Waals surface area contributed by atoms with Gasteiger partial charge in [0.25, 0.3) is 5.69 Å². The zero-order valence-corrected chi connectivity index (χ0v) is 13.5. The Labute approximate surface area is 129 Å². The summed E-state index contributed by atoms with van der Waals surface area (Å²) in [5.41, 5.74) is 5.98. The van der Waals surface area contributed by atoms with Crippen molar-refractivity contribution in [1.29, 1.82) is 0 Å². The summed E-state index contributed by atoms with van der Waals surface area (Å²) in [7, 11) is 0. The van der Waals surface area contributed by atoms with Gasteiger partial charge in [0, 0.05) is 18.6 Å². The van der Waals surface area contributed by atoms with Crippen LogP contribution in [0.2, 0.25) is 0 Å².